The summed E-state index contributed by atoms with van der Waals surface area (Å²) in [6.45, 7) is 3.56. The number of aryl methyl sites for hydroxylation is 1. The Bertz CT molecular complexity index is 711. The summed E-state index contributed by atoms with van der Waals surface area (Å²) in [6.07, 6.45) is 6.43. The number of rotatable bonds is 6. The van der Waals surface area contributed by atoms with E-state index in [-0.39, 0.29) is 12.4 Å². The molecule has 0 aliphatic rings. The van der Waals surface area contributed by atoms with Gasteiger partial charge in [0.1, 0.15) is 12.4 Å². The van der Waals surface area contributed by atoms with Crippen LogP contribution in [0.2, 0.25) is 0 Å². The van der Waals surface area contributed by atoms with Crippen LogP contribution >= 0.6 is 12.4 Å². The molecule has 0 amide bonds. The van der Waals surface area contributed by atoms with Crippen molar-refractivity contribution in [3.05, 3.63) is 83.9 Å². The highest BCUT2D eigenvalue weighted by Crippen LogP contribution is 2.23. The number of hydrogen-bond acceptors (Lipinski definition) is 2. The van der Waals surface area contributed by atoms with Crippen LogP contribution in [0.4, 0.5) is 0 Å². The number of imidazole rings is 1. The van der Waals surface area contributed by atoms with Crippen molar-refractivity contribution in [1.29, 1.82) is 0 Å². The van der Waals surface area contributed by atoms with Crippen molar-refractivity contribution in [2.45, 2.75) is 19.9 Å². The summed E-state index contributed by atoms with van der Waals surface area (Å²) < 4.78 is 8.01. The third-order valence-electron chi connectivity index (χ3n) is 3.62. The van der Waals surface area contributed by atoms with Crippen molar-refractivity contribution in [2.75, 3.05) is 6.61 Å². The molecule has 0 spiro atoms. The van der Waals surface area contributed by atoms with Gasteiger partial charge in [-0.1, -0.05) is 48.0 Å². The van der Waals surface area contributed by atoms with E-state index in [1.165, 1.54) is 16.7 Å². The molecule has 0 radical (unpaired) electrons. The van der Waals surface area contributed by atoms with Crippen LogP contribution in [0, 0.1) is 6.92 Å². The molecule has 0 N–H and O–H groups in total. The first kappa shape index (κ1) is 17.1. The molecule has 1 heterocycles. The van der Waals surface area contributed by atoms with Gasteiger partial charge in [-0.2, -0.15) is 0 Å². The third-order valence-corrected chi connectivity index (χ3v) is 3.62. The second kappa shape index (κ2) is 8.39. The average Bonchev–Trinajstić information content (AvgIpc) is 3.04. The Kier molecular flexibility index (Phi) is 6.24. The van der Waals surface area contributed by atoms with Gasteiger partial charge >= 0.3 is 0 Å². The lowest BCUT2D eigenvalue weighted by Crippen LogP contribution is -2.08. The van der Waals surface area contributed by atoms with E-state index in [1.54, 1.807) is 6.20 Å². The summed E-state index contributed by atoms with van der Waals surface area (Å²) in [5.41, 5.74) is 3.79. The molecule has 2 aromatic carbocycles. The number of hydrogen-bond donors (Lipinski definition) is 0. The highest BCUT2D eigenvalue weighted by Gasteiger charge is 2.05. The summed E-state index contributed by atoms with van der Waals surface area (Å²) in [6, 6.07) is 16.9. The van der Waals surface area contributed by atoms with E-state index in [0.717, 1.165) is 18.7 Å². The van der Waals surface area contributed by atoms with Crippen LogP contribution in [0.15, 0.2) is 67.3 Å². The number of aromatic nitrogens is 2. The normalized spacial score (nSPS) is 10.1. The van der Waals surface area contributed by atoms with Gasteiger partial charge in [0, 0.05) is 18.8 Å². The van der Waals surface area contributed by atoms with Crippen LogP contribution in [0.3, 0.4) is 0 Å². The van der Waals surface area contributed by atoms with Gasteiger partial charge in [0.05, 0.1) is 12.9 Å². The molecule has 0 atom stereocenters. The van der Waals surface area contributed by atoms with Crippen LogP contribution < -0.4 is 4.74 Å². The molecule has 0 saturated carbocycles. The zero-order chi connectivity index (χ0) is 15.2. The first-order valence-corrected chi connectivity index (χ1v) is 7.53. The number of ether oxygens (including phenoxy) is 1. The van der Waals surface area contributed by atoms with Crippen molar-refractivity contribution in [3.8, 4) is 5.75 Å². The topological polar surface area (TPSA) is 27.1 Å². The molecular weight excluding hydrogens is 308 g/mol. The van der Waals surface area contributed by atoms with E-state index in [2.05, 4.69) is 54.4 Å². The summed E-state index contributed by atoms with van der Waals surface area (Å²) in [5, 5.41) is 0. The summed E-state index contributed by atoms with van der Waals surface area (Å²) in [4.78, 5) is 4.04. The van der Waals surface area contributed by atoms with E-state index in [4.69, 9.17) is 4.74 Å². The maximum Gasteiger partial charge on any atom is 0.122 e. The van der Waals surface area contributed by atoms with Crippen LogP contribution in [0.25, 0.3) is 0 Å². The van der Waals surface area contributed by atoms with E-state index >= 15 is 0 Å². The van der Waals surface area contributed by atoms with Crippen LogP contribution in [0.5, 0.6) is 5.75 Å². The molecule has 1 aromatic heterocycles. The minimum atomic E-state index is 0. The standard InChI is InChI=1S/C19H20N2O.ClH/c1-16-7-8-19(22-12-11-21-10-9-20-15-21)18(13-16)14-17-5-3-2-4-6-17;/h2-10,13,15H,11-12,14H2,1H3;1H. The van der Waals surface area contributed by atoms with Gasteiger partial charge in [0.25, 0.3) is 0 Å². The fraction of sp³-hybridized carbons (Fsp3) is 0.211. The molecule has 3 rings (SSSR count). The van der Waals surface area contributed by atoms with Gasteiger partial charge in [-0.3, -0.25) is 0 Å². The Morgan fingerprint density at radius 1 is 1.09 bits per heavy atom. The van der Waals surface area contributed by atoms with Gasteiger partial charge in [-0.15, -0.1) is 12.4 Å². The maximum atomic E-state index is 5.99. The number of halogens is 1. The van der Waals surface area contributed by atoms with E-state index < -0.39 is 0 Å². The molecule has 23 heavy (non-hydrogen) atoms. The number of benzene rings is 2. The minimum Gasteiger partial charge on any atom is -0.491 e. The van der Waals surface area contributed by atoms with Gasteiger partial charge in [-0.25, -0.2) is 4.98 Å². The summed E-state index contributed by atoms with van der Waals surface area (Å²) in [5.74, 6) is 0.967. The van der Waals surface area contributed by atoms with Gasteiger partial charge in [0.15, 0.2) is 0 Å². The first-order chi connectivity index (χ1) is 10.8. The summed E-state index contributed by atoms with van der Waals surface area (Å²) in [7, 11) is 0. The van der Waals surface area contributed by atoms with Crippen molar-refractivity contribution in [3.63, 3.8) is 0 Å². The average molecular weight is 329 g/mol. The smallest absolute Gasteiger partial charge is 0.122 e. The van der Waals surface area contributed by atoms with Crippen molar-refractivity contribution >= 4 is 12.4 Å². The Labute approximate surface area is 143 Å². The maximum absolute atomic E-state index is 5.99. The highest BCUT2D eigenvalue weighted by molar-refractivity contribution is 5.85. The Hall–Kier alpha value is -2.26. The van der Waals surface area contributed by atoms with Crippen LogP contribution in [0.1, 0.15) is 16.7 Å². The molecule has 120 valence electrons. The molecule has 3 aromatic rings. The molecule has 4 heteroatoms. The van der Waals surface area contributed by atoms with Crippen LogP contribution in [-0.4, -0.2) is 16.2 Å². The van der Waals surface area contributed by atoms with Gasteiger partial charge in [0.2, 0.25) is 0 Å². The lowest BCUT2D eigenvalue weighted by Gasteiger charge is -2.13. The predicted octanol–water partition coefficient (Wildman–Crippen LogP) is 4.28. The Morgan fingerprint density at radius 3 is 2.65 bits per heavy atom. The molecule has 3 nitrogen and oxygen atoms in total. The SMILES string of the molecule is Cc1ccc(OCCn2ccnc2)c(Cc2ccccc2)c1.Cl. The third kappa shape index (κ3) is 4.86. The zero-order valence-corrected chi connectivity index (χ0v) is 14.0. The highest BCUT2D eigenvalue weighted by atomic mass is 35.5. The van der Waals surface area contributed by atoms with E-state index in [9.17, 15) is 0 Å². The molecule has 0 aliphatic carbocycles. The molecule has 0 fully saturated rings. The second-order valence-corrected chi connectivity index (χ2v) is 5.42. The molecule has 0 saturated heterocycles. The Balaban J connectivity index is 0.00000192. The molecule has 0 unspecified atom stereocenters. The lowest BCUT2D eigenvalue weighted by molar-refractivity contribution is 0.296. The van der Waals surface area contributed by atoms with E-state index in [1.807, 2.05) is 23.2 Å². The van der Waals surface area contributed by atoms with Crippen molar-refractivity contribution in [1.82, 2.24) is 9.55 Å². The Morgan fingerprint density at radius 2 is 1.91 bits per heavy atom. The second-order valence-electron chi connectivity index (χ2n) is 5.42. The van der Waals surface area contributed by atoms with E-state index in [0.29, 0.717) is 6.61 Å². The van der Waals surface area contributed by atoms with Gasteiger partial charge < -0.3 is 9.30 Å². The molecular formula is C19H21ClN2O. The quantitative estimate of drug-likeness (QED) is 0.675. The molecule has 0 aliphatic heterocycles. The monoisotopic (exact) mass is 328 g/mol. The van der Waals surface area contributed by atoms with Gasteiger partial charge in [-0.05, 0) is 24.1 Å². The van der Waals surface area contributed by atoms with Crippen molar-refractivity contribution < 1.29 is 4.74 Å². The predicted molar refractivity (Wildman–Crippen MR) is 95.4 cm³/mol. The first-order valence-electron chi connectivity index (χ1n) is 7.53. The lowest BCUT2D eigenvalue weighted by atomic mass is 10.0. The minimum absolute atomic E-state index is 0. The fourth-order valence-electron chi connectivity index (χ4n) is 2.48. The fourth-order valence-corrected chi connectivity index (χ4v) is 2.48. The largest absolute Gasteiger partial charge is 0.491 e. The van der Waals surface area contributed by atoms with Crippen LogP contribution in [-0.2, 0) is 13.0 Å². The molecule has 0 bridgehead atoms. The zero-order valence-electron chi connectivity index (χ0n) is 13.2. The summed E-state index contributed by atoms with van der Waals surface area (Å²) >= 11 is 0. The number of nitrogens with zero attached hydrogens (tertiary/aromatic N) is 2. The van der Waals surface area contributed by atoms with Crippen molar-refractivity contribution in [2.24, 2.45) is 0 Å².